The molecule has 1 N–H and O–H groups in total. The highest BCUT2D eigenvalue weighted by Crippen LogP contribution is 2.47. The number of aryl methyl sites for hydroxylation is 2. The topological polar surface area (TPSA) is 67.2 Å². The average molecular weight is 429 g/mol. The molecule has 30 heavy (non-hydrogen) atoms. The summed E-state index contributed by atoms with van der Waals surface area (Å²) in [6.07, 6.45) is 0.857. The highest BCUT2D eigenvalue weighted by molar-refractivity contribution is 8.00. The number of carbonyl (C=O) groups is 2. The second kappa shape index (κ2) is 8.84. The Morgan fingerprint density at radius 1 is 1.33 bits per heavy atom. The van der Waals surface area contributed by atoms with Crippen molar-refractivity contribution in [3.8, 4) is 0 Å². The quantitative estimate of drug-likeness (QED) is 0.788. The second-order valence-electron chi connectivity index (χ2n) is 8.89. The van der Waals surface area contributed by atoms with Gasteiger partial charge in [-0.25, -0.2) is 0 Å². The van der Waals surface area contributed by atoms with Crippen LogP contribution in [0.3, 0.4) is 0 Å². The number of aromatic nitrogens is 2. The molecule has 1 aliphatic heterocycles. The Morgan fingerprint density at radius 3 is 2.70 bits per heavy atom. The van der Waals surface area contributed by atoms with Crippen LogP contribution in [0.2, 0.25) is 0 Å². The van der Waals surface area contributed by atoms with Crippen LogP contribution in [-0.2, 0) is 22.1 Å². The van der Waals surface area contributed by atoms with Gasteiger partial charge in [0.15, 0.2) is 0 Å². The summed E-state index contributed by atoms with van der Waals surface area (Å²) in [6, 6.07) is 8.42. The molecule has 1 aromatic carbocycles. The van der Waals surface area contributed by atoms with Crippen molar-refractivity contribution in [2.24, 2.45) is 7.05 Å². The fourth-order valence-corrected chi connectivity index (χ4v) is 4.99. The molecular formula is C23H32N4O2S. The lowest BCUT2D eigenvalue weighted by Crippen LogP contribution is -2.42. The molecule has 0 aliphatic carbocycles. The molecule has 2 aromatic rings. The summed E-state index contributed by atoms with van der Waals surface area (Å²) in [5.74, 6) is 0.839. The van der Waals surface area contributed by atoms with Crippen molar-refractivity contribution in [1.82, 2.24) is 15.1 Å². The third-order valence-electron chi connectivity index (χ3n) is 5.17. The Labute approximate surface area is 183 Å². The summed E-state index contributed by atoms with van der Waals surface area (Å²) in [7, 11) is 1.86. The van der Waals surface area contributed by atoms with E-state index in [1.54, 1.807) is 21.3 Å². The Morgan fingerprint density at radius 2 is 2.07 bits per heavy atom. The highest BCUT2D eigenvalue weighted by Gasteiger charge is 2.38. The lowest BCUT2D eigenvalue weighted by Gasteiger charge is -2.24. The number of amides is 2. The van der Waals surface area contributed by atoms with E-state index in [4.69, 9.17) is 5.10 Å². The Balaban J connectivity index is 2.16. The molecule has 1 aliphatic rings. The third-order valence-corrected chi connectivity index (χ3v) is 6.43. The molecule has 162 valence electrons. The molecule has 2 heterocycles. The number of anilines is 1. The molecular weight excluding hydrogens is 396 g/mol. The molecule has 3 rings (SSSR count). The van der Waals surface area contributed by atoms with E-state index in [0.717, 1.165) is 29.1 Å². The van der Waals surface area contributed by atoms with Crippen LogP contribution in [0.4, 0.5) is 5.82 Å². The van der Waals surface area contributed by atoms with E-state index in [9.17, 15) is 9.59 Å². The monoisotopic (exact) mass is 428 g/mol. The summed E-state index contributed by atoms with van der Waals surface area (Å²) in [5, 5.41) is 7.71. The number of carbonyl (C=O) groups excluding carboxylic acids is 2. The van der Waals surface area contributed by atoms with Crippen LogP contribution in [0.5, 0.6) is 0 Å². The summed E-state index contributed by atoms with van der Waals surface area (Å²) in [5.41, 5.74) is 4.15. The van der Waals surface area contributed by atoms with Gasteiger partial charge in [-0.15, -0.1) is 11.8 Å². The van der Waals surface area contributed by atoms with Crippen molar-refractivity contribution < 1.29 is 9.59 Å². The number of hydrogen-bond acceptors (Lipinski definition) is 4. The van der Waals surface area contributed by atoms with Crippen LogP contribution < -0.4 is 10.2 Å². The van der Waals surface area contributed by atoms with Gasteiger partial charge in [0, 0.05) is 24.6 Å². The summed E-state index contributed by atoms with van der Waals surface area (Å²) < 4.78 is 1.77. The number of thioether (sulfide) groups is 1. The first-order valence-corrected chi connectivity index (χ1v) is 11.5. The first-order chi connectivity index (χ1) is 14.1. The van der Waals surface area contributed by atoms with Crippen molar-refractivity contribution in [3.63, 3.8) is 0 Å². The van der Waals surface area contributed by atoms with Crippen LogP contribution in [-0.4, -0.2) is 40.4 Å². The van der Waals surface area contributed by atoms with Gasteiger partial charge in [0.1, 0.15) is 12.4 Å². The maximum absolute atomic E-state index is 13.1. The normalized spacial score (nSPS) is 16.9. The molecule has 0 unspecified atom stereocenters. The molecule has 0 saturated heterocycles. The number of hydrogen-bond donors (Lipinski definition) is 1. The third kappa shape index (κ3) is 4.56. The minimum absolute atomic E-state index is 0.00997. The maximum atomic E-state index is 13.1. The van der Waals surface area contributed by atoms with Gasteiger partial charge in [0.05, 0.1) is 16.7 Å². The van der Waals surface area contributed by atoms with Gasteiger partial charge in [-0.05, 0) is 18.9 Å². The molecule has 7 heteroatoms. The van der Waals surface area contributed by atoms with E-state index in [1.807, 2.05) is 14.0 Å². The van der Waals surface area contributed by atoms with Gasteiger partial charge in [0.25, 0.3) is 0 Å². The molecule has 0 fully saturated rings. The summed E-state index contributed by atoms with van der Waals surface area (Å²) >= 11 is 1.61. The zero-order valence-corrected chi connectivity index (χ0v) is 19.6. The lowest BCUT2D eigenvalue weighted by atomic mass is 9.87. The number of fused-ring (bicyclic) bond motifs is 1. The van der Waals surface area contributed by atoms with Crippen molar-refractivity contribution in [2.75, 3.05) is 23.7 Å². The van der Waals surface area contributed by atoms with Crippen molar-refractivity contribution >= 4 is 29.4 Å². The van der Waals surface area contributed by atoms with Crippen molar-refractivity contribution in [1.29, 1.82) is 0 Å². The molecule has 1 atom stereocenters. The predicted molar refractivity (Wildman–Crippen MR) is 123 cm³/mol. The molecule has 0 saturated carbocycles. The fraction of sp³-hybridized carbons (Fsp3) is 0.522. The van der Waals surface area contributed by atoms with Crippen LogP contribution >= 0.6 is 11.8 Å². The minimum atomic E-state index is -0.197. The van der Waals surface area contributed by atoms with Crippen LogP contribution in [0.25, 0.3) is 0 Å². The summed E-state index contributed by atoms with van der Waals surface area (Å²) in [6.45, 7) is 11.1. The summed E-state index contributed by atoms with van der Waals surface area (Å²) in [4.78, 5) is 27.2. The van der Waals surface area contributed by atoms with Gasteiger partial charge in [-0.2, -0.15) is 5.10 Å². The van der Waals surface area contributed by atoms with Gasteiger partial charge in [0.2, 0.25) is 11.8 Å². The largest absolute Gasteiger partial charge is 0.355 e. The van der Waals surface area contributed by atoms with E-state index >= 15 is 0 Å². The molecule has 0 radical (unpaired) electrons. The predicted octanol–water partition coefficient (Wildman–Crippen LogP) is 3.72. The number of nitrogens with one attached hydrogen (secondary N) is 1. The first-order valence-electron chi connectivity index (χ1n) is 10.5. The van der Waals surface area contributed by atoms with Crippen LogP contribution in [0.1, 0.15) is 61.7 Å². The van der Waals surface area contributed by atoms with Gasteiger partial charge in [-0.1, -0.05) is 57.5 Å². The van der Waals surface area contributed by atoms with Crippen molar-refractivity contribution in [2.45, 2.75) is 51.7 Å². The Hall–Kier alpha value is -2.28. The first kappa shape index (κ1) is 22.4. The van der Waals surface area contributed by atoms with E-state index in [-0.39, 0.29) is 29.0 Å². The number of nitrogens with zero attached hydrogens (tertiary/aromatic N) is 3. The van der Waals surface area contributed by atoms with E-state index in [2.05, 4.69) is 57.3 Å². The maximum Gasteiger partial charge on any atom is 0.240 e. The lowest BCUT2D eigenvalue weighted by molar-refractivity contribution is -0.122. The zero-order valence-electron chi connectivity index (χ0n) is 18.8. The molecule has 2 amide bonds. The highest BCUT2D eigenvalue weighted by atomic mass is 32.2. The fourth-order valence-electron chi connectivity index (χ4n) is 3.80. The van der Waals surface area contributed by atoms with Crippen LogP contribution in [0.15, 0.2) is 24.3 Å². The molecule has 0 bridgehead atoms. The molecule has 6 nitrogen and oxygen atoms in total. The Kier molecular flexibility index (Phi) is 6.60. The minimum Gasteiger partial charge on any atom is -0.355 e. The van der Waals surface area contributed by atoms with Gasteiger partial charge in [-0.3, -0.25) is 19.2 Å². The SMILES string of the molecule is CCCNC(=O)CN1C(=O)CS[C@@H](c2cccc(C)c2)c2c(C(C)(C)C)nn(C)c21. The standard InChI is InChI=1S/C23H32N4O2S/c1-7-11-24-17(28)13-27-18(29)14-30-20(16-10-8-9-15(2)12-16)19-21(23(3,4)5)25-26(6)22(19)27/h8-10,12,20H,7,11,13-14H2,1-6H3,(H,24,28)/t20-/m0/s1. The van der Waals surface area contributed by atoms with E-state index in [0.29, 0.717) is 12.3 Å². The van der Waals surface area contributed by atoms with E-state index in [1.165, 1.54) is 5.56 Å². The van der Waals surface area contributed by atoms with Crippen molar-refractivity contribution in [3.05, 3.63) is 46.6 Å². The van der Waals surface area contributed by atoms with Crippen LogP contribution in [0, 0.1) is 6.92 Å². The molecule has 1 aromatic heterocycles. The van der Waals surface area contributed by atoms with Gasteiger partial charge >= 0.3 is 0 Å². The number of benzene rings is 1. The number of rotatable bonds is 5. The Bertz CT molecular complexity index is 945. The smallest absolute Gasteiger partial charge is 0.240 e. The van der Waals surface area contributed by atoms with E-state index < -0.39 is 0 Å². The molecule has 0 spiro atoms. The average Bonchev–Trinajstić information content (AvgIpc) is 2.94. The van der Waals surface area contributed by atoms with Gasteiger partial charge < -0.3 is 5.32 Å². The zero-order chi connectivity index (χ0) is 22.1. The second-order valence-corrected chi connectivity index (χ2v) is 9.99.